The van der Waals surface area contributed by atoms with E-state index in [0.717, 1.165) is 5.56 Å². The number of anilines is 1. The van der Waals surface area contributed by atoms with Crippen molar-refractivity contribution in [2.45, 2.75) is 38.0 Å². The van der Waals surface area contributed by atoms with Crippen LogP contribution in [0.3, 0.4) is 0 Å². The molecule has 0 amide bonds. The molecule has 37 heavy (non-hydrogen) atoms. The van der Waals surface area contributed by atoms with Crippen molar-refractivity contribution in [2.75, 3.05) is 17.8 Å². The average molecular weight is 598 g/mol. The fraction of sp³-hybridized carbons (Fsp3) is 0.421. The molecule has 1 saturated heterocycles. The highest BCUT2D eigenvalue weighted by Gasteiger charge is 2.46. The number of hydrogen-bond acceptors (Lipinski definition) is 10. The monoisotopic (exact) mass is 597 g/mol. The second-order valence-corrected chi connectivity index (χ2v) is 13.0. The quantitative estimate of drug-likeness (QED) is 0.154. The summed E-state index contributed by atoms with van der Waals surface area (Å²) in [6, 6.07) is 7.22. The van der Waals surface area contributed by atoms with Crippen LogP contribution in [-0.2, 0) is 24.9 Å². The summed E-state index contributed by atoms with van der Waals surface area (Å²) in [4.78, 5) is 36.0. The average Bonchev–Trinajstić information content (AvgIpc) is 3.26. The van der Waals surface area contributed by atoms with Crippen molar-refractivity contribution in [1.29, 1.82) is 0 Å². The standard InChI is InChI=1S/C19H23Cl2N5O9P2/c1-9-13-16(22-6-10-4-2-3-5-11(10)20)23-19(21)24-17(13)26(25-9)18-15(28)14(27)12(35-18)7-34-37(32,33)8-36(29,30)31/h2-5,12,14-15,18,27-28H,6-8H2,1H3,(H,32,33)(H,22,23,24)(H2,29,30,31)/t12-,14-,15-,18-/m1/s1. The predicted molar refractivity (Wildman–Crippen MR) is 132 cm³/mol. The molecule has 18 heteroatoms. The number of aryl methyl sites for hydroxylation is 1. The summed E-state index contributed by atoms with van der Waals surface area (Å²) < 4.78 is 34.6. The topological polar surface area (TPSA) is 209 Å². The van der Waals surface area contributed by atoms with Gasteiger partial charge in [0.25, 0.3) is 0 Å². The first kappa shape index (κ1) is 28.3. The van der Waals surface area contributed by atoms with Crippen molar-refractivity contribution in [1.82, 2.24) is 19.7 Å². The van der Waals surface area contributed by atoms with Gasteiger partial charge >= 0.3 is 15.2 Å². The van der Waals surface area contributed by atoms with Crippen LogP contribution in [-0.4, -0.2) is 75.5 Å². The number of benzene rings is 1. The number of aromatic nitrogens is 4. The van der Waals surface area contributed by atoms with Gasteiger partial charge < -0.3 is 39.5 Å². The SMILES string of the molecule is Cc1nn([C@@H]2O[C@H](COP(=O)(O)CP(=O)(O)O)[C@@H](O)[C@H]2O)c2nc(Cl)nc(NCc3ccccc3Cl)c12. The Morgan fingerprint density at radius 3 is 2.51 bits per heavy atom. The molecule has 2 aromatic heterocycles. The summed E-state index contributed by atoms with van der Waals surface area (Å²) in [6.45, 7) is 1.24. The fourth-order valence-corrected chi connectivity index (χ4v) is 6.77. The van der Waals surface area contributed by atoms with E-state index in [9.17, 15) is 24.2 Å². The molecule has 0 radical (unpaired) electrons. The molecule has 4 rings (SSSR count). The van der Waals surface area contributed by atoms with Crippen molar-refractivity contribution in [2.24, 2.45) is 0 Å². The normalized spacial score (nSPS) is 23.9. The van der Waals surface area contributed by atoms with Crippen LogP contribution in [0.2, 0.25) is 10.3 Å². The van der Waals surface area contributed by atoms with Gasteiger partial charge in [-0.3, -0.25) is 9.13 Å². The van der Waals surface area contributed by atoms with Gasteiger partial charge in [-0.25, -0.2) is 4.68 Å². The molecule has 1 aromatic carbocycles. The molecular formula is C19H23Cl2N5O9P2. The molecule has 5 atom stereocenters. The summed E-state index contributed by atoms with van der Waals surface area (Å²) in [5.74, 6) is -1.07. The van der Waals surface area contributed by atoms with Gasteiger partial charge in [0.1, 0.15) is 24.1 Å². The molecule has 0 bridgehead atoms. The van der Waals surface area contributed by atoms with Gasteiger partial charge in [0.05, 0.1) is 17.7 Å². The second kappa shape index (κ2) is 10.8. The minimum absolute atomic E-state index is 0.137. The Morgan fingerprint density at radius 1 is 1.14 bits per heavy atom. The number of halogens is 2. The zero-order valence-corrected chi connectivity index (χ0v) is 22.3. The Balaban J connectivity index is 1.58. The van der Waals surface area contributed by atoms with Crippen molar-refractivity contribution in [3.8, 4) is 0 Å². The lowest BCUT2D eigenvalue weighted by Gasteiger charge is -2.18. The molecule has 14 nitrogen and oxygen atoms in total. The number of nitrogens with zero attached hydrogens (tertiary/aromatic N) is 4. The number of ether oxygens (including phenoxy) is 1. The van der Waals surface area contributed by atoms with Gasteiger partial charge in [-0.15, -0.1) is 0 Å². The molecule has 0 saturated carbocycles. The molecule has 1 aliphatic heterocycles. The minimum atomic E-state index is -4.84. The number of fused-ring (bicyclic) bond motifs is 1. The summed E-state index contributed by atoms with van der Waals surface area (Å²) in [5.41, 5.74) is 1.42. The third-order valence-electron chi connectivity index (χ3n) is 5.49. The van der Waals surface area contributed by atoms with Crippen LogP contribution >= 0.6 is 38.4 Å². The molecule has 1 aliphatic rings. The number of aliphatic hydroxyl groups is 2. The van der Waals surface area contributed by atoms with Crippen LogP contribution in [0.5, 0.6) is 0 Å². The smallest absolute Gasteiger partial charge is 0.340 e. The van der Waals surface area contributed by atoms with E-state index in [1.165, 1.54) is 4.68 Å². The Labute approximate surface area is 219 Å². The molecule has 6 N–H and O–H groups in total. The highest BCUT2D eigenvalue weighted by Crippen LogP contribution is 2.55. The van der Waals surface area contributed by atoms with Crippen molar-refractivity contribution in [3.05, 3.63) is 45.8 Å². The second-order valence-electron chi connectivity index (χ2n) is 8.30. The first-order valence-corrected chi connectivity index (χ1v) is 15.0. The van der Waals surface area contributed by atoms with Crippen molar-refractivity contribution >= 4 is 55.2 Å². The largest absolute Gasteiger partial charge is 0.387 e. The van der Waals surface area contributed by atoms with Crippen LogP contribution in [0.15, 0.2) is 24.3 Å². The lowest BCUT2D eigenvalue weighted by atomic mass is 10.1. The van der Waals surface area contributed by atoms with E-state index in [0.29, 0.717) is 28.5 Å². The van der Waals surface area contributed by atoms with Crippen LogP contribution in [0.4, 0.5) is 5.82 Å². The van der Waals surface area contributed by atoms with Crippen LogP contribution < -0.4 is 5.32 Å². The van der Waals surface area contributed by atoms with Gasteiger partial charge in [-0.2, -0.15) is 15.1 Å². The number of rotatable bonds is 9. The van der Waals surface area contributed by atoms with Gasteiger partial charge in [0, 0.05) is 11.6 Å². The molecule has 3 aromatic rings. The Bertz CT molecular complexity index is 1400. The van der Waals surface area contributed by atoms with E-state index in [1.54, 1.807) is 19.1 Å². The number of nitrogens with one attached hydrogen (secondary N) is 1. The zero-order chi connectivity index (χ0) is 27.1. The van der Waals surface area contributed by atoms with Crippen molar-refractivity contribution < 1.29 is 43.3 Å². The fourth-order valence-electron chi connectivity index (χ4n) is 3.84. The third-order valence-corrected chi connectivity index (χ3v) is 9.48. The van der Waals surface area contributed by atoms with Crippen molar-refractivity contribution in [3.63, 3.8) is 0 Å². The van der Waals surface area contributed by atoms with Gasteiger partial charge in [0.2, 0.25) is 5.28 Å². The van der Waals surface area contributed by atoms with Crippen LogP contribution in [0.1, 0.15) is 17.5 Å². The van der Waals surface area contributed by atoms with Gasteiger partial charge in [-0.05, 0) is 30.2 Å². The molecule has 1 unspecified atom stereocenters. The van der Waals surface area contributed by atoms with Gasteiger partial charge in [-0.1, -0.05) is 29.8 Å². The lowest BCUT2D eigenvalue weighted by Crippen LogP contribution is -2.33. The Morgan fingerprint density at radius 2 is 1.84 bits per heavy atom. The maximum absolute atomic E-state index is 11.9. The highest BCUT2D eigenvalue weighted by atomic mass is 35.5. The maximum Gasteiger partial charge on any atom is 0.340 e. The van der Waals surface area contributed by atoms with E-state index < -0.39 is 52.2 Å². The van der Waals surface area contributed by atoms with Crippen LogP contribution in [0, 0.1) is 6.92 Å². The van der Waals surface area contributed by atoms with Gasteiger partial charge in [0.15, 0.2) is 17.8 Å². The number of aliphatic hydroxyl groups excluding tert-OH is 2. The molecule has 3 heterocycles. The zero-order valence-electron chi connectivity index (χ0n) is 19.0. The predicted octanol–water partition coefficient (Wildman–Crippen LogP) is 2.01. The summed E-state index contributed by atoms with van der Waals surface area (Å²) in [7, 11) is -9.55. The van der Waals surface area contributed by atoms with E-state index >= 15 is 0 Å². The van der Waals surface area contributed by atoms with E-state index in [-0.39, 0.29) is 10.9 Å². The summed E-state index contributed by atoms with van der Waals surface area (Å²) in [5, 5.41) is 29.5. The maximum atomic E-state index is 11.9. The molecule has 0 aliphatic carbocycles. The van der Waals surface area contributed by atoms with E-state index in [1.807, 2.05) is 12.1 Å². The Hall–Kier alpha value is -1.67. The lowest BCUT2D eigenvalue weighted by molar-refractivity contribution is -0.0542. The molecule has 1 fully saturated rings. The first-order valence-electron chi connectivity index (χ1n) is 10.7. The van der Waals surface area contributed by atoms with E-state index in [2.05, 4.69) is 20.4 Å². The molecule has 202 valence electrons. The van der Waals surface area contributed by atoms with E-state index in [4.69, 9.17) is 42.2 Å². The molecule has 0 spiro atoms. The third kappa shape index (κ3) is 6.49. The van der Waals surface area contributed by atoms with Crippen LogP contribution in [0.25, 0.3) is 11.0 Å². The summed E-state index contributed by atoms with van der Waals surface area (Å²) in [6.07, 6.45) is -5.78. The first-order chi connectivity index (χ1) is 17.3. The number of hydrogen-bond donors (Lipinski definition) is 6. The highest BCUT2D eigenvalue weighted by molar-refractivity contribution is 7.70. The minimum Gasteiger partial charge on any atom is -0.387 e. The summed E-state index contributed by atoms with van der Waals surface area (Å²) >= 11 is 12.4. The molecular weight excluding hydrogens is 575 g/mol. The Kier molecular flexibility index (Phi) is 8.30.